The van der Waals surface area contributed by atoms with Crippen molar-refractivity contribution in [2.75, 3.05) is 11.9 Å². The highest BCUT2D eigenvalue weighted by molar-refractivity contribution is 8.04. The molecular weight excluding hydrogens is 404 g/mol. The van der Waals surface area contributed by atoms with Gasteiger partial charge in [-0.2, -0.15) is 0 Å². The predicted octanol–water partition coefficient (Wildman–Crippen LogP) is 5.33. The van der Waals surface area contributed by atoms with Gasteiger partial charge >= 0.3 is 0 Å². The Balaban J connectivity index is 1.64. The maximum Gasteiger partial charge on any atom is 0.278 e. The smallest absolute Gasteiger partial charge is 0.278 e. The van der Waals surface area contributed by atoms with E-state index in [1.54, 1.807) is 0 Å². The lowest BCUT2D eigenvalue weighted by atomic mass is 10.1. The molecule has 1 aliphatic rings. The molecule has 1 aliphatic heterocycles. The zero-order chi connectivity index (χ0) is 21.8. The van der Waals surface area contributed by atoms with Gasteiger partial charge in [-0.05, 0) is 55.2 Å². The van der Waals surface area contributed by atoms with Crippen LogP contribution >= 0.6 is 11.8 Å². The van der Waals surface area contributed by atoms with Crippen LogP contribution in [0.4, 0.5) is 5.69 Å². The lowest BCUT2D eigenvalue weighted by molar-refractivity contribution is -0.137. The molecule has 0 aromatic heterocycles. The first-order chi connectivity index (χ1) is 15.0. The zero-order valence-electron chi connectivity index (χ0n) is 17.6. The number of rotatable bonds is 7. The minimum absolute atomic E-state index is 0.248. The maximum atomic E-state index is 13.3. The molecule has 0 aliphatic carbocycles. The number of thioether (sulfide) groups is 1. The summed E-state index contributed by atoms with van der Waals surface area (Å²) in [5.41, 5.74) is 4.46. The van der Waals surface area contributed by atoms with Crippen molar-refractivity contribution in [2.24, 2.45) is 0 Å². The molecule has 0 unspecified atom stereocenters. The minimum Gasteiger partial charge on any atom is -0.350 e. The van der Waals surface area contributed by atoms with Crippen LogP contribution in [0.25, 0.3) is 0 Å². The third-order valence-corrected chi connectivity index (χ3v) is 6.51. The largest absolute Gasteiger partial charge is 0.350 e. The molecule has 0 bridgehead atoms. The third-order valence-electron chi connectivity index (χ3n) is 5.42. The molecule has 5 heteroatoms. The van der Waals surface area contributed by atoms with Gasteiger partial charge in [-0.1, -0.05) is 72.4 Å². The third kappa shape index (κ3) is 4.57. The molecule has 3 aromatic carbocycles. The fourth-order valence-electron chi connectivity index (χ4n) is 3.47. The topological polar surface area (TPSA) is 49.4 Å². The second kappa shape index (κ2) is 9.23. The highest BCUT2D eigenvalue weighted by Crippen LogP contribution is 2.36. The van der Waals surface area contributed by atoms with Crippen LogP contribution in [-0.2, 0) is 16.0 Å². The predicted molar refractivity (Wildman–Crippen MR) is 126 cm³/mol. The van der Waals surface area contributed by atoms with E-state index in [1.165, 1.54) is 16.7 Å². The van der Waals surface area contributed by atoms with Gasteiger partial charge in [0.15, 0.2) is 0 Å². The summed E-state index contributed by atoms with van der Waals surface area (Å²) in [5, 5.41) is 3.28. The van der Waals surface area contributed by atoms with Gasteiger partial charge in [-0.25, -0.2) is 0 Å². The van der Waals surface area contributed by atoms with Crippen LogP contribution in [0.2, 0.25) is 0 Å². The number of anilines is 1. The number of amides is 2. The average Bonchev–Trinajstić information content (AvgIpc) is 3.00. The second-order valence-corrected chi connectivity index (χ2v) is 8.57. The zero-order valence-corrected chi connectivity index (χ0v) is 18.4. The van der Waals surface area contributed by atoms with Gasteiger partial charge in [-0.3, -0.25) is 14.5 Å². The molecule has 0 radical (unpaired) electrons. The summed E-state index contributed by atoms with van der Waals surface area (Å²) in [6.45, 7) is 4.39. The number of carbonyl (C=O) groups is 2. The molecule has 156 valence electrons. The Labute approximate surface area is 187 Å². The summed E-state index contributed by atoms with van der Waals surface area (Å²) in [5.74, 6) is -0.525. The van der Waals surface area contributed by atoms with Crippen molar-refractivity contribution < 1.29 is 9.59 Å². The van der Waals surface area contributed by atoms with Gasteiger partial charge in [0.2, 0.25) is 0 Å². The first-order valence-corrected chi connectivity index (χ1v) is 11.1. The van der Waals surface area contributed by atoms with E-state index in [1.807, 2.05) is 92.7 Å². The second-order valence-electron chi connectivity index (χ2n) is 7.49. The van der Waals surface area contributed by atoms with E-state index < -0.39 is 0 Å². The van der Waals surface area contributed by atoms with Gasteiger partial charge < -0.3 is 5.32 Å². The Bertz CT molecular complexity index is 1140. The first kappa shape index (κ1) is 20.9. The van der Waals surface area contributed by atoms with E-state index in [4.69, 9.17) is 0 Å². The summed E-state index contributed by atoms with van der Waals surface area (Å²) >= 11 is 1.33. The molecule has 2 amide bonds. The Morgan fingerprint density at radius 1 is 0.806 bits per heavy atom. The minimum atomic E-state index is -0.278. The van der Waals surface area contributed by atoms with Crippen LogP contribution in [-0.4, -0.2) is 23.3 Å². The standard InChI is InChI=1S/C26H24N2O2S/c1-18-10-9-15-22(19(18)2)27-23-24(31-21-13-7-4-8-14-21)26(30)28(25(23)29)17-16-20-11-5-3-6-12-20/h3-15,27H,16-17H2,1-2H3. The molecule has 1 N–H and O–H groups in total. The monoisotopic (exact) mass is 428 g/mol. The fraction of sp³-hybridized carbons (Fsp3) is 0.154. The van der Waals surface area contributed by atoms with E-state index in [-0.39, 0.29) is 11.8 Å². The van der Waals surface area contributed by atoms with Crippen LogP contribution < -0.4 is 5.32 Å². The molecule has 31 heavy (non-hydrogen) atoms. The summed E-state index contributed by atoms with van der Waals surface area (Å²) in [6, 6.07) is 25.5. The highest BCUT2D eigenvalue weighted by Gasteiger charge is 2.39. The number of carbonyl (C=O) groups excluding carboxylic acids is 2. The van der Waals surface area contributed by atoms with Crippen molar-refractivity contribution in [3.8, 4) is 0 Å². The average molecular weight is 429 g/mol. The quantitative estimate of drug-likeness (QED) is 0.517. The summed E-state index contributed by atoms with van der Waals surface area (Å²) in [7, 11) is 0. The lowest BCUT2D eigenvalue weighted by Crippen LogP contribution is -2.34. The Morgan fingerprint density at radius 2 is 1.48 bits per heavy atom. The Kier molecular flexibility index (Phi) is 6.23. The Hall–Kier alpha value is -3.31. The SMILES string of the molecule is Cc1cccc(NC2=C(Sc3ccccc3)C(=O)N(CCc3ccccc3)C2=O)c1C. The van der Waals surface area contributed by atoms with Crippen molar-refractivity contribution in [3.63, 3.8) is 0 Å². The molecule has 1 heterocycles. The van der Waals surface area contributed by atoms with Gasteiger partial charge in [0, 0.05) is 17.1 Å². The van der Waals surface area contributed by atoms with E-state index in [2.05, 4.69) is 5.32 Å². The van der Waals surface area contributed by atoms with E-state index >= 15 is 0 Å². The van der Waals surface area contributed by atoms with E-state index in [0.29, 0.717) is 23.6 Å². The number of nitrogens with zero attached hydrogens (tertiary/aromatic N) is 1. The number of benzene rings is 3. The van der Waals surface area contributed by atoms with Crippen LogP contribution in [0.5, 0.6) is 0 Å². The molecular formula is C26H24N2O2S. The molecule has 3 aromatic rings. The Morgan fingerprint density at radius 3 is 2.19 bits per heavy atom. The van der Waals surface area contributed by atoms with Crippen LogP contribution in [0.1, 0.15) is 16.7 Å². The summed E-state index contributed by atoms with van der Waals surface area (Å²) in [6.07, 6.45) is 0.623. The molecule has 0 atom stereocenters. The van der Waals surface area contributed by atoms with E-state index in [9.17, 15) is 9.59 Å². The summed E-state index contributed by atoms with van der Waals surface area (Å²) < 4.78 is 0. The molecule has 4 nitrogen and oxygen atoms in total. The maximum absolute atomic E-state index is 13.3. The number of imide groups is 1. The van der Waals surface area contributed by atoms with Crippen molar-refractivity contribution >= 4 is 29.3 Å². The molecule has 0 saturated heterocycles. The molecule has 0 spiro atoms. The van der Waals surface area contributed by atoms with Gasteiger partial charge in [0.1, 0.15) is 10.6 Å². The first-order valence-electron chi connectivity index (χ1n) is 10.2. The van der Waals surface area contributed by atoms with Gasteiger partial charge in [-0.15, -0.1) is 0 Å². The molecule has 4 rings (SSSR count). The molecule has 0 saturated carbocycles. The van der Waals surface area contributed by atoms with Crippen molar-refractivity contribution in [1.29, 1.82) is 0 Å². The van der Waals surface area contributed by atoms with Crippen LogP contribution in [0.3, 0.4) is 0 Å². The van der Waals surface area contributed by atoms with Crippen molar-refractivity contribution in [3.05, 3.63) is 106 Å². The van der Waals surface area contributed by atoms with Crippen LogP contribution in [0.15, 0.2) is 94.4 Å². The van der Waals surface area contributed by atoms with E-state index in [0.717, 1.165) is 27.3 Å². The molecule has 0 fully saturated rings. The fourth-order valence-corrected chi connectivity index (χ4v) is 4.44. The van der Waals surface area contributed by atoms with Crippen molar-refractivity contribution in [1.82, 2.24) is 4.90 Å². The number of aryl methyl sites for hydroxylation is 1. The van der Waals surface area contributed by atoms with Crippen LogP contribution in [0, 0.1) is 13.8 Å². The van der Waals surface area contributed by atoms with Crippen molar-refractivity contribution in [2.45, 2.75) is 25.2 Å². The number of hydrogen-bond acceptors (Lipinski definition) is 4. The lowest BCUT2D eigenvalue weighted by Gasteiger charge is -2.16. The van der Waals surface area contributed by atoms with Gasteiger partial charge in [0.25, 0.3) is 11.8 Å². The highest BCUT2D eigenvalue weighted by atomic mass is 32.2. The van der Waals surface area contributed by atoms with Gasteiger partial charge in [0.05, 0.1) is 0 Å². The number of hydrogen-bond donors (Lipinski definition) is 1. The number of nitrogens with one attached hydrogen (secondary N) is 1. The normalized spacial score (nSPS) is 13.8. The summed E-state index contributed by atoms with van der Waals surface area (Å²) in [4.78, 5) is 29.3.